The van der Waals surface area contributed by atoms with Gasteiger partial charge in [-0.2, -0.15) is 0 Å². The van der Waals surface area contributed by atoms with Gasteiger partial charge in [-0.15, -0.1) is 0 Å². The van der Waals surface area contributed by atoms with Crippen LogP contribution in [0, 0.1) is 0 Å². The molecule has 1 nitrogen and oxygen atoms in total. The fraction of sp³-hybridized carbons (Fsp3) is 0.909. The molecule has 0 unspecified atom stereocenters. The van der Waals surface area contributed by atoms with Crippen molar-refractivity contribution in [2.24, 2.45) is 0 Å². The highest BCUT2D eigenvalue weighted by Gasteiger charge is 2.14. The van der Waals surface area contributed by atoms with E-state index in [1.54, 1.807) is 0 Å². The van der Waals surface area contributed by atoms with Crippen molar-refractivity contribution in [1.29, 1.82) is 0 Å². The number of unbranched alkanes of at least 4 members (excludes halogenated alkanes) is 1. The topological polar surface area (TPSA) is 3.01 Å². The molecular weight excluding hydrogens is 174 g/mol. The van der Waals surface area contributed by atoms with Crippen LogP contribution < -0.4 is 0 Å². The summed E-state index contributed by atoms with van der Waals surface area (Å²) in [5.74, 6) is 0. The molecule has 0 saturated heterocycles. The van der Waals surface area contributed by atoms with Crippen LogP contribution in [-0.2, 0) is 0 Å². The Kier molecular flexibility index (Phi) is 4.17. The minimum Gasteiger partial charge on any atom is -0.240 e. The lowest BCUT2D eigenvalue weighted by molar-refractivity contribution is -0.516. The number of rotatable bonds is 5. The first kappa shape index (κ1) is 11.0. The summed E-state index contributed by atoms with van der Waals surface area (Å²) in [6.07, 6.45) is 7.93. The molecule has 0 fully saturated rings. The van der Waals surface area contributed by atoms with Gasteiger partial charge in [0.15, 0.2) is 0 Å². The van der Waals surface area contributed by atoms with Gasteiger partial charge in [-0.25, -0.2) is 4.58 Å². The Labute approximate surface area is 83.9 Å². The molecule has 76 valence electrons. The molecule has 0 N–H and O–H groups in total. The molecule has 0 saturated carbocycles. The quantitative estimate of drug-likeness (QED) is 0.363. The summed E-state index contributed by atoms with van der Waals surface area (Å²) in [5, 5.41) is 0. The van der Waals surface area contributed by atoms with E-state index in [1.165, 1.54) is 44.8 Å². The van der Waals surface area contributed by atoms with Gasteiger partial charge in [0.2, 0.25) is 0 Å². The first-order valence-electron chi connectivity index (χ1n) is 5.65. The van der Waals surface area contributed by atoms with E-state index in [2.05, 4.69) is 30.4 Å². The molecule has 2 heteroatoms. The van der Waals surface area contributed by atoms with E-state index in [-0.39, 0.29) is 0 Å². The Balaban J connectivity index is 2.01. The van der Waals surface area contributed by atoms with Crippen LogP contribution in [0.15, 0.2) is 0 Å². The summed E-state index contributed by atoms with van der Waals surface area (Å²) in [5.41, 5.74) is 0. The molecule has 0 aromatic rings. The number of hydrogen-bond acceptors (Lipinski definition) is 0. The largest absolute Gasteiger partial charge is 0.240 e. The van der Waals surface area contributed by atoms with E-state index in [9.17, 15) is 0 Å². The maximum absolute atomic E-state index is 2.50. The van der Waals surface area contributed by atoms with Crippen LogP contribution in [0.2, 0.25) is 25.7 Å². The fourth-order valence-electron chi connectivity index (χ4n) is 1.83. The Hall–Kier alpha value is -0.113. The van der Waals surface area contributed by atoms with E-state index in [1.807, 2.05) is 0 Å². The summed E-state index contributed by atoms with van der Waals surface area (Å²) in [7, 11) is -0.763. The third-order valence-electron chi connectivity index (χ3n) is 2.66. The lowest BCUT2D eigenvalue weighted by Crippen LogP contribution is -2.19. The molecule has 13 heavy (non-hydrogen) atoms. The Morgan fingerprint density at radius 1 is 1.23 bits per heavy atom. The third-order valence-corrected chi connectivity index (χ3v) is 4.51. The van der Waals surface area contributed by atoms with Crippen molar-refractivity contribution in [3.05, 3.63) is 0 Å². The normalized spacial score (nSPS) is 17.6. The second-order valence-electron chi connectivity index (χ2n) is 5.38. The third kappa shape index (κ3) is 5.24. The molecule has 0 radical (unpaired) electrons. The van der Waals surface area contributed by atoms with E-state index in [0.29, 0.717) is 0 Å². The standard InChI is InChI=1S/C11H24NSi/c1-13(2,3)11-7-6-10-12-8-4-5-9-12/h8H,4-7,9-11H2,1-3H3/q+1. The van der Waals surface area contributed by atoms with E-state index in [4.69, 9.17) is 0 Å². The average Bonchev–Trinajstić information content (AvgIpc) is 2.48. The zero-order chi connectivity index (χ0) is 9.73. The zero-order valence-electron chi connectivity index (χ0n) is 9.47. The monoisotopic (exact) mass is 198 g/mol. The van der Waals surface area contributed by atoms with E-state index < -0.39 is 8.07 Å². The molecule has 0 bridgehead atoms. The maximum atomic E-state index is 2.50. The van der Waals surface area contributed by atoms with Crippen LogP contribution >= 0.6 is 0 Å². The summed E-state index contributed by atoms with van der Waals surface area (Å²) in [6.45, 7) is 10.0. The van der Waals surface area contributed by atoms with E-state index >= 15 is 0 Å². The maximum Gasteiger partial charge on any atom is 0.143 e. The van der Waals surface area contributed by atoms with Crippen LogP contribution in [0.5, 0.6) is 0 Å². The molecule has 0 amide bonds. The zero-order valence-corrected chi connectivity index (χ0v) is 10.5. The summed E-state index contributed by atoms with van der Waals surface area (Å²) >= 11 is 0. The molecule has 1 aliphatic heterocycles. The van der Waals surface area contributed by atoms with Crippen LogP contribution in [-0.4, -0.2) is 32.0 Å². The Morgan fingerprint density at radius 3 is 2.54 bits per heavy atom. The minimum absolute atomic E-state index is 0.763. The Bertz CT molecular complexity index is 179. The lowest BCUT2D eigenvalue weighted by atomic mass is 10.3. The van der Waals surface area contributed by atoms with Crippen molar-refractivity contribution in [2.75, 3.05) is 13.1 Å². The molecule has 0 aromatic heterocycles. The molecule has 0 aliphatic carbocycles. The summed E-state index contributed by atoms with van der Waals surface area (Å²) in [6, 6.07) is 1.50. The second kappa shape index (κ2) is 4.94. The fourth-order valence-corrected chi connectivity index (χ4v) is 3.14. The molecule has 0 atom stereocenters. The van der Waals surface area contributed by atoms with Crippen LogP contribution in [0.1, 0.15) is 25.7 Å². The van der Waals surface area contributed by atoms with Gasteiger partial charge in [0, 0.05) is 27.3 Å². The van der Waals surface area contributed by atoms with Crippen molar-refractivity contribution in [2.45, 2.75) is 51.4 Å². The predicted octanol–water partition coefficient (Wildman–Crippen LogP) is 2.98. The van der Waals surface area contributed by atoms with Gasteiger partial charge in [0.1, 0.15) is 19.3 Å². The van der Waals surface area contributed by atoms with Crippen molar-refractivity contribution >= 4 is 14.3 Å². The van der Waals surface area contributed by atoms with Crippen molar-refractivity contribution in [3.63, 3.8) is 0 Å². The molecule has 0 aromatic carbocycles. The molecule has 1 aliphatic rings. The first-order valence-corrected chi connectivity index (χ1v) is 9.36. The van der Waals surface area contributed by atoms with Gasteiger partial charge in [-0.1, -0.05) is 25.7 Å². The molecular formula is C11H24NSi+. The van der Waals surface area contributed by atoms with Gasteiger partial charge in [0.25, 0.3) is 0 Å². The van der Waals surface area contributed by atoms with Crippen LogP contribution in [0.25, 0.3) is 0 Å². The lowest BCUT2D eigenvalue weighted by Gasteiger charge is -2.14. The summed E-state index contributed by atoms with van der Waals surface area (Å²) < 4.78 is 2.50. The van der Waals surface area contributed by atoms with Crippen molar-refractivity contribution in [3.8, 4) is 0 Å². The van der Waals surface area contributed by atoms with Gasteiger partial charge in [0.05, 0.1) is 0 Å². The minimum atomic E-state index is -0.763. The second-order valence-corrected chi connectivity index (χ2v) is 11.0. The number of hydrogen-bond donors (Lipinski definition) is 0. The number of nitrogens with zero attached hydrogens (tertiary/aromatic N) is 1. The Morgan fingerprint density at radius 2 is 2.00 bits per heavy atom. The highest BCUT2D eigenvalue weighted by Crippen LogP contribution is 2.12. The highest BCUT2D eigenvalue weighted by molar-refractivity contribution is 6.76. The van der Waals surface area contributed by atoms with Crippen LogP contribution in [0.3, 0.4) is 0 Å². The van der Waals surface area contributed by atoms with E-state index in [0.717, 1.165) is 0 Å². The van der Waals surface area contributed by atoms with Gasteiger partial charge in [-0.05, 0) is 6.42 Å². The molecule has 1 heterocycles. The van der Waals surface area contributed by atoms with Crippen molar-refractivity contribution in [1.82, 2.24) is 0 Å². The van der Waals surface area contributed by atoms with Crippen molar-refractivity contribution < 1.29 is 4.58 Å². The first-order chi connectivity index (χ1) is 6.08. The van der Waals surface area contributed by atoms with Crippen LogP contribution in [0.4, 0.5) is 0 Å². The SMILES string of the molecule is C[Si](C)(C)CCCC[N+]1=CCCC1. The average molecular weight is 198 g/mol. The van der Waals surface area contributed by atoms with Gasteiger partial charge >= 0.3 is 0 Å². The molecule has 0 spiro atoms. The highest BCUT2D eigenvalue weighted by atomic mass is 28.3. The smallest absolute Gasteiger partial charge is 0.143 e. The van der Waals surface area contributed by atoms with Gasteiger partial charge in [-0.3, -0.25) is 0 Å². The van der Waals surface area contributed by atoms with Gasteiger partial charge < -0.3 is 0 Å². The summed E-state index contributed by atoms with van der Waals surface area (Å²) in [4.78, 5) is 0. The predicted molar refractivity (Wildman–Crippen MR) is 62.7 cm³/mol. The molecule has 1 rings (SSSR count).